The lowest BCUT2D eigenvalue weighted by Gasteiger charge is -2.18. The zero-order valence-corrected chi connectivity index (χ0v) is 12.9. The molecule has 0 aliphatic rings. The van der Waals surface area contributed by atoms with Gasteiger partial charge in [0.05, 0.1) is 6.10 Å². The lowest BCUT2D eigenvalue weighted by Crippen LogP contribution is -2.29. The first-order valence-corrected chi connectivity index (χ1v) is 7.16. The summed E-state index contributed by atoms with van der Waals surface area (Å²) < 4.78 is 0. The highest BCUT2D eigenvalue weighted by molar-refractivity contribution is 6.29. The fraction of sp³-hybridized carbons (Fsp3) is 0.571. The number of carbonyl (C=O) groups is 1. The average Bonchev–Trinajstić information content (AvgIpc) is 2.41. The number of pyridine rings is 1. The van der Waals surface area contributed by atoms with Gasteiger partial charge < -0.3 is 15.3 Å². The molecule has 1 heterocycles. The molecule has 5 nitrogen and oxygen atoms in total. The Morgan fingerprint density at radius 2 is 2.25 bits per heavy atom. The summed E-state index contributed by atoms with van der Waals surface area (Å²) >= 11 is 5.94. The molecule has 0 aliphatic heterocycles. The van der Waals surface area contributed by atoms with Crippen molar-refractivity contribution >= 4 is 23.3 Å². The quantitative estimate of drug-likeness (QED) is 0.759. The predicted octanol–water partition coefficient (Wildman–Crippen LogP) is 2.40. The van der Waals surface area contributed by atoms with Crippen molar-refractivity contribution < 1.29 is 9.90 Å². The van der Waals surface area contributed by atoms with Crippen molar-refractivity contribution in [1.82, 2.24) is 9.88 Å². The number of amides is 1. The summed E-state index contributed by atoms with van der Waals surface area (Å²) in [5.41, 5.74) is 0.497. The van der Waals surface area contributed by atoms with Gasteiger partial charge in [0, 0.05) is 25.7 Å². The van der Waals surface area contributed by atoms with Gasteiger partial charge in [-0.2, -0.15) is 0 Å². The first-order valence-electron chi connectivity index (χ1n) is 6.79. The van der Waals surface area contributed by atoms with Gasteiger partial charge in [0.15, 0.2) is 0 Å². The van der Waals surface area contributed by atoms with E-state index in [4.69, 9.17) is 11.6 Å². The third-order valence-electron chi connectivity index (χ3n) is 2.83. The zero-order chi connectivity index (χ0) is 15.1. The number of aliphatic hydroxyl groups is 1. The third kappa shape index (κ3) is 5.35. The molecule has 0 bridgehead atoms. The average molecular weight is 300 g/mol. The van der Waals surface area contributed by atoms with Crippen LogP contribution in [0, 0.1) is 0 Å². The van der Waals surface area contributed by atoms with Crippen LogP contribution in [0.5, 0.6) is 0 Å². The first kappa shape index (κ1) is 16.7. The minimum Gasteiger partial charge on any atom is -0.393 e. The van der Waals surface area contributed by atoms with Crippen LogP contribution >= 0.6 is 11.6 Å². The summed E-state index contributed by atoms with van der Waals surface area (Å²) in [5.74, 6) is 0.473. The Bertz CT molecular complexity index is 452. The van der Waals surface area contributed by atoms with Crippen LogP contribution in [0.25, 0.3) is 0 Å². The second-order valence-electron chi connectivity index (χ2n) is 4.85. The minimum atomic E-state index is -0.423. The van der Waals surface area contributed by atoms with Gasteiger partial charge in [-0.05, 0) is 31.9 Å². The van der Waals surface area contributed by atoms with Crippen LogP contribution in [0.1, 0.15) is 37.0 Å². The van der Waals surface area contributed by atoms with Crippen molar-refractivity contribution in [3.8, 4) is 0 Å². The summed E-state index contributed by atoms with van der Waals surface area (Å²) in [5, 5.41) is 12.7. The van der Waals surface area contributed by atoms with Gasteiger partial charge in [-0.15, -0.1) is 0 Å². The highest BCUT2D eigenvalue weighted by Crippen LogP contribution is 2.16. The van der Waals surface area contributed by atoms with Crippen LogP contribution in [0.3, 0.4) is 0 Å². The molecule has 0 aliphatic carbocycles. The SMILES string of the molecule is CCCNc1cc(C(=O)N(C)CCC(C)O)cc(Cl)n1. The summed E-state index contributed by atoms with van der Waals surface area (Å²) in [6.07, 6.45) is 1.08. The fourth-order valence-electron chi connectivity index (χ4n) is 1.67. The van der Waals surface area contributed by atoms with E-state index in [1.807, 2.05) is 6.92 Å². The van der Waals surface area contributed by atoms with Gasteiger partial charge in [0.2, 0.25) is 0 Å². The van der Waals surface area contributed by atoms with Crippen LogP contribution in [0.4, 0.5) is 5.82 Å². The molecule has 1 rings (SSSR count). The molecule has 1 unspecified atom stereocenters. The second-order valence-corrected chi connectivity index (χ2v) is 5.24. The number of rotatable bonds is 7. The second kappa shape index (κ2) is 8.07. The van der Waals surface area contributed by atoms with Crippen LogP contribution < -0.4 is 5.32 Å². The number of halogens is 1. The smallest absolute Gasteiger partial charge is 0.253 e. The van der Waals surface area contributed by atoms with E-state index in [1.165, 1.54) is 0 Å². The van der Waals surface area contributed by atoms with E-state index >= 15 is 0 Å². The van der Waals surface area contributed by atoms with E-state index in [0.29, 0.717) is 29.5 Å². The maximum atomic E-state index is 12.3. The Morgan fingerprint density at radius 1 is 1.55 bits per heavy atom. The highest BCUT2D eigenvalue weighted by atomic mass is 35.5. The molecular weight excluding hydrogens is 278 g/mol. The highest BCUT2D eigenvalue weighted by Gasteiger charge is 2.14. The van der Waals surface area contributed by atoms with Crippen molar-refractivity contribution in [2.75, 3.05) is 25.5 Å². The van der Waals surface area contributed by atoms with Crippen molar-refractivity contribution in [1.29, 1.82) is 0 Å². The van der Waals surface area contributed by atoms with Crippen LogP contribution in [0.15, 0.2) is 12.1 Å². The molecule has 0 saturated heterocycles. The molecule has 20 heavy (non-hydrogen) atoms. The van der Waals surface area contributed by atoms with Crippen molar-refractivity contribution in [2.24, 2.45) is 0 Å². The largest absolute Gasteiger partial charge is 0.393 e. The number of anilines is 1. The Morgan fingerprint density at radius 3 is 2.85 bits per heavy atom. The lowest BCUT2D eigenvalue weighted by molar-refractivity contribution is 0.0769. The zero-order valence-electron chi connectivity index (χ0n) is 12.2. The molecule has 0 spiro atoms. The monoisotopic (exact) mass is 299 g/mol. The number of aliphatic hydroxyl groups excluding tert-OH is 1. The molecule has 1 amide bonds. The Hall–Kier alpha value is -1.33. The Kier molecular flexibility index (Phi) is 6.75. The Balaban J connectivity index is 2.78. The van der Waals surface area contributed by atoms with E-state index in [1.54, 1.807) is 31.0 Å². The maximum Gasteiger partial charge on any atom is 0.253 e. The van der Waals surface area contributed by atoms with E-state index in [2.05, 4.69) is 10.3 Å². The summed E-state index contributed by atoms with van der Waals surface area (Å²) in [7, 11) is 1.71. The van der Waals surface area contributed by atoms with E-state index in [9.17, 15) is 9.90 Å². The topological polar surface area (TPSA) is 65.5 Å². The molecule has 0 aromatic carbocycles. The number of hydrogen-bond acceptors (Lipinski definition) is 4. The van der Waals surface area contributed by atoms with Crippen molar-refractivity contribution in [2.45, 2.75) is 32.8 Å². The molecule has 0 fully saturated rings. The minimum absolute atomic E-state index is 0.130. The van der Waals surface area contributed by atoms with Crippen LogP contribution in [-0.4, -0.2) is 47.1 Å². The van der Waals surface area contributed by atoms with E-state index in [0.717, 1.165) is 13.0 Å². The van der Waals surface area contributed by atoms with Gasteiger partial charge in [0.1, 0.15) is 11.0 Å². The Labute approximate surface area is 125 Å². The number of nitrogens with one attached hydrogen (secondary N) is 1. The van der Waals surface area contributed by atoms with Crippen LogP contribution in [-0.2, 0) is 0 Å². The number of hydrogen-bond donors (Lipinski definition) is 2. The summed E-state index contributed by atoms with van der Waals surface area (Å²) in [6.45, 7) is 5.02. The lowest BCUT2D eigenvalue weighted by atomic mass is 10.2. The predicted molar refractivity (Wildman–Crippen MR) is 81.3 cm³/mol. The third-order valence-corrected chi connectivity index (χ3v) is 3.02. The van der Waals surface area contributed by atoms with E-state index < -0.39 is 6.10 Å². The molecule has 0 radical (unpaired) electrons. The normalized spacial score (nSPS) is 12.1. The van der Waals surface area contributed by atoms with E-state index in [-0.39, 0.29) is 5.91 Å². The molecule has 1 aromatic rings. The summed E-state index contributed by atoms with van der Waals surface area (Å²) in [6, 6.07) is 3.25. The van der Waals surface area contributed by atoms with Gasteiger partial charge in [-0.3, -0.25) is 4.79 Å². The molecule has 0 saturated carbocycles. The van der Waals surface area contributed by atoms with Gasteiger partial charge in [-0.25, -0.2) is 4.98 Å². The molecule has 1 aromatic heterocycles. The molecule has 112 valence electrons. The van der Waals surface area contributed by atoms with Crippen molar-refractivity contribution in [3.63, 3.8) is 0 Å². The molecule has 1 atom stereocenters. The molecular formula is C14H22ClN3O2. The standard InChI is InChI=1S/C14H22ClN3O2/c1-4-6-16-13-9-11(8-12(15)17-13)14(20)18(3)7-5-10(2)19/h8-10,19H,4-7H2,1-3H3,(H,16,17). The summed E-state index contributed by atoms with van der Waals surface area (Å²) in [4.78, 5) is 18.0. The number of aromatic nitrogens is 1. The van der Waals surface area contributed by atoms with Gasteiger partial charge >= 0.3 is 0 Å². The maximum absolute atomic E-state index is 12.3. The number of nitrogens with zero attached hydrogens (tertiary/aromatic N) is 2. The van der Waals surface area contributed by atoms with Gasteiger partial charge in [-0.1, -0.05) is 18.5 Å². The molecule has 6 heteroatoms. The van der Waals surface area contributed by atoms with Crippen molar-refractivity contribution in [3.05, 3.63) is 22.8 Å². The number of carbonyl (C=O) groups excluding carboxylic acids is 1. The first-order chi connectivity index (χ1) is 9.43. The molecule has 2 N–H and O–H groups in total. The van der Waals surface area contributed by atoms with Crippen LogP contribution in [0.2, 0.25) is 5.15 Å². The van der Waals surface area contributed by atoms with Gasteiger partial charge in [0.25, 0.3) is 5.91 Å². The fourth-order valence-corrected chi connectivity index (χ4v) is 1.88.